The summed E-state index contributed by atoms with van der Waals surface area (Å²) in [7, 11) is 1.87. The predicted octanol–water partition coefficient (Wildman–Crippen LogP) is 0.700. The number of nitrogens with zero attached hydrogens (tertiary/aromatic N) is 2. The number of hydrogen-bond acceptors (Lipinski definition) is 3. The van der Waals surface area contributed by atoms with Crippen LogP contribution in [-0.4, -0.2) is 59.6 Å². The van der Waals surface area contributed by atoms with Crippen molar-refractivity contribution in [2.45, 2.75) is 45.2 Å². The van der Waals surface area contributed by atoms with Crippen LogP contribution in [0.5, 0.6) is 0 Å². The zero-order chi connectivity index (χ0) is 12.1. The van der Waals surface area contributed by atoms with Crippen molar-refractivity contribution in [2.75, 3.05) is 26.7 Å². The average Bonchev–Trinajstić information content (AvgIpc) is 2.37. The highest BCUT2D eigenvalue weighted by Gasteiger charge is 2.32. The normalized spacial score (nSPS) is 28.2. The van der Waals surface area contributed by atoms with Crippen LogP contribution in [0.25, 0.3) is 0 Å². The molecule has 1 aliphatic heterocycles. The fraction of sp³-hybridized carbons (Fsp3) is 0.917. The molecule has 0 aliphatic carbocycles. The van der Waals surface area contributed by atoms with Crippen LogP contribution in [0.3, 0.4) is 0 Å². The maximum Gasteiger partial charge on any atom is 0.239 e. The molecule has 1 heterocycles. The summed E-state index contributed by atoms with van der Waals surface area (Å²) in [6.45, 7) is 6.19. The zero-order valence-electron chi connectivity index (χ0n) is 10.6. The molecule has 1 amide bonds. The molecule has 4 heteroatoms. The number of carbonyl (C=O) groups excluding carboxylic acids is 1. The Morgan fingerprint density at radius 3 is 2.75 bits per heavy atom. The minimum Gasteiger partial charge on any atom is -0.396 e. The summed E-state index contributed by atoms with van der Waals surface area (Å²) >= 11 is 0. The molecule has 1 rings (SSSR count). The summed E-state index contributed by atoms with van der Waals surface area (Å²) in [6, 6.07) is 0.176. The van der Waals surface area contributed by atoms with Crippen LogP contribution in [0.15, 0.2) is 0 Å². The molecule has 0 saturated carbocycles. The van der Waals surface area contributed by atoms with Crippen molar-refractivity contribution in [3.8, 4) is 0 Å². The molecule has 16 heavy (non-hydrogen) atoms. The van der Waals surface area contributed by atoms with Crippen molar-refractivity contribution >= 4 is 5.91 Å². The number of hydrogen-bond donors (Lipinski definition) is 1. The third-order valence-electron chi connectivity index (χ3n) is 3.48. The number of aliphatic hydroxyl groups is 1. The van der Waals surface area contributed by atoms with E-state index in [2.05, 4.69) is 18.7 Å². The van der Waals surface area contributed by atoms with Crippen molar-refractivity contribution in [3.63, 3.8) is 0 Å². The summed E-state index contributed by atoms with van der Waals surface area (Å²) < 4.78 is 0. The number of aliphatic hydroxyl groups excluding tert-OH is 1. The molecule has 0 spiro atoms. The van der Waals surface area contributed by atoms with Crippen molar-refractivity contribution < 1.29 is 9.90 Å². The molecule has 1 fully saturated rings. The fourth-order valence-electron chi connectivity index (χ4n) is 2.29. The van der Waals surface area contributed by atoms with Gasteiger partial charge < -0.3 is 10.0 Å². The van der Waals surface area contributed by atoms with E-state index in [-0.39, 0.29) is 18.6 Å². The van der Waals surface area contributed by atoms with E-state index in [1.807, 2.05) is 11.9 Å². The zero-order valence-corrected chi connectivity index (χ0v) is 10.6. The first-order valence-electron chi connectivity index (χ1n) is 6.23. The molecule has 0 aromatic carbocycles. The summed E-state index contributed by atoms with van der Waals surface area (Å²) in [5.74, 6) is 0.160. The van der Waals surface area contributed by atoms with Crippen LogP contribution in [0.1, 0.15) is 33.1 Å². The van der Waals surface area contributed by atoms with E-state index in [9.17, 15) is 4.79 Å². The molecular formula is C12H24N2O2. The van der Waals surface area contributed by atoms with Gasteiger partial charge in [-0.2, -0.15) is 0 Å². The average molecular weight is 228 g/mol. The molecule has 2 atom stereocenters. The van der Waals surface area contributed by atoms with E-state index in [1.54, 1.807) is 0 Å². The van der Waals surface area contributed by atoms with Gasteiger partial charge in [-0.05, 0) is 32.7 Å². The van der Waals surface area contributed by atoms with E-state index >= 15 is 0 Å². The molecule has 0 bridgehead atoms. The molecule has 2 unspecified atom stereocenters. The summed E-state index contributed by atoms with van der Waals surface area (Å²) in [5, 5.41) is 9.07. The lowest BCUT2D eigenvalue weighted by molar-refractivity contribution is -0.136. The monoisotopic (exact) mass is 228 g/mol. The molecule has 94 valence electrons. The highest BCUT2D eigenvalue weighted by molar-refractivity contribution is 5.82. The highest BCUT2D eigenvalue weighted by Crippen LogP contribution is 2.17. The quantitative estimate of drug-likeness (QED) is 0.770. The maximum atomic E-state index is 12.2. The summed E-state index contributed by atoms with van der Waals surface area (Å²) in [5.41, 5.74) is 0. The van der Waals surface area contributed by atoms with Crippen LogP contribution in [0, 0.1) is 0 Å². The van der Waals surface area contributed by atoms with Crippen LogP contribution in [0.2, 0.25) is 0 Å². The van der Waals surface area contributed by atoms with Gasteiger partial charge in [-0.15, -0.1) is 0 Å². The molecule has 0 radical (unpaired) electrons. The number of amides is 1. The molecule has 4 nitrogen and oxygen atoms in total. The first-order chi connectivity index (χ1) is 7.61. The summed E-state index contributed by atoms with van der Waals surface area (Å²) in [4.78, 5) is 16.3. The van der Waals surface area contributed by atoms with E-state index in [1.165, 1.54) is 0 Å². The lowest BCUT2D eigenvalue weighted by Gasteiger charge is -2.29. The van der Waals surface area contributed by atoms with Crippen LogP contribution < -0.4 is 0 Å². The molecule has 0 aromatic heterocycles. The Bertz CT molecular complexity index is 233. The van der Waals surface area contributed by atoms with Crippen LogP contribution >= 0.6 is 0 Å². The first-order valence-corrected chi connectivity index (χ1v) is 6.23. The molecular weight excluding hydrogens is 204 g/mol. The second kappa shape index (κ2) is 6.21. The molecule has 1 aliphatic rings. The number of carbonyl (C=O) groups is 1. The van der Waals surface area contributed by atoms with Gasteiger partial charge in [0.2, 0.25) is 5.91 Å². The Kier molecular flexibility index (Phi) is 5.22. The van der Waals surface area contributed by atoms with Gasteiger partial charge in [0, 0.05) is 26.2 Å². The van der Waals surface area contributed by atoms with Gasteiger partial charge in [0.15, 0.2) is 0 Å². The van der Waals surface area contributed by atoms with Crippen molar-refractivity contribution in [2.24, 2.45) is 0 Å². The fourth-order valence-corrected chi connectivity index (χ4v) is 2.29. The number of rotatable bonds is 4. The van der Waals surface area contributed by atoms with Gasteiger partial charge in [-0.25, -0.2) is 0 Å². The van der Waals surface area contributed by atoms with Gasteiger partial charge in [-0.1, -0.05) is 6.92 Å². The lowest BCUT2D eigenvalue weighted by Crippen LogP contribution is -2.46. The predicted molar refractivity (Wildman–Crippen MR) is 64.2 cm³/mol. The second-order valence-corrected chi connectivity index (χ2v) is 4.65. The van der Waals surface area contributed by atoms with Crippen molar-refractivity contribution in [3.05, 3.63) is 0 Å². The Balaban J connectivity index is 2.79. The smallest absolute Gasteiger partial charge is 0.239 e. The Labute approximate surface area is 98.2 Å². The van der Waals surface area contributed by atoms with E-state index in [0.717, 1.165) is 25.9 Å². The second-order valence-electron chi connectivity index (χ2n) is 4.65. The van der Waals surface area contributed by atoms with Crippen LogP contribution in [0.4, 0.5) is 0 Å². The maximum absolute atomic E-state index is 12.2. The van der Waals surface area contributed by atoms with E-state index < -0.39 is 0 Å². The highest BCUT2D eigenvalue weighted by atomic mass is 16.3. The topological polar surface area (TPSA) is 43.8 Å². The van der Waals surface area contributed by atoms with E-state index in [4.69, 9.17) is 5.11 Å². The standard InChI is InChI=1S/C12H24N2O2/c1-4-7-14-8-5-10(2)13(3)12(16)11(14)6-9-15/h10-11,15H,4-9H2,1-3H3. The molecule has 1 saturated heterocycles. The van der Waals surface area contributed by atoms with Crippen molar-refractivity contribution in [1.82, 2.24) is 9.80 Å². The molecule has 1 N–H and O–H groups in total. The van der Waals surface area contributed by atoms with Gasteiger partial charge >= 0.3 is 0 Å². The van der Waals surface area contributed by atoms with Gasteiger partial charge in [0.25, 0.3) is 0 Å². The SMILES string of the molecule is CCCN1CCC(C)N(C)C(=O)C1CCO. The third kappa shape index (κ3) is 2.95. The third-order valence-corrected chi connectivity index (χ3v) is 3.48. The summed E-state index contributed by atoms with van der Waals surface area (Å²) in [6.07, 6.45) is 2.62. The van der Waals surface area contributed by atoms with Gasteiger partial charge in [-0.3, -0.25) is 9.69 Å². The largest absolute Gasteiger partial charge is 0.396 e. The number of likely N-dealkylation sites (N-methyl/N-ethyl adjacent to an activating group) is 1. The van der Waals surface area contributed by atoms with Crippen molar-refractivity contribution in [1.29, 1.82) is 0 Å². The van der Waals surface area contributed by atoms with Gasteiger partial charge in [0.1, 0.15) is 0 Å². The minimum absolute atomic E-state index is 0.0822. The lowest BCUT2D eigenvalue weighted by atomic mass is 10.1. The first kappa shape index (κ1) is 13.5. The van der Waals surface area contributed by atoms with Gasteiger partial charge in [0.05, 0.1) is 6.04 Å². The van der Waals surface area contributed by atoms with Crippen LogP contribution in [-0.2, 0) is 4.79 Å². The minimum atomic E-state index is -0.125. The Hall–Kier alpha value is -0.610. The molecule has 0 aromatic rings. The Morgan fingerprint density at radius 1 is 1.50 bits per heavy atom. The Morgan fingerprint density at radius 2 is 2.19 bits per heavy atom. The van der Waals surface area contributed by atoms with E-state index in [0.29, 0.717) is 12.5 Å².